The van der Waals surface area contributed by atoms with Crippen LogP contribution < -0.4 is 0 Å². The van der Waals surface area contributed by atoms with Crippen molar-refractivity contribution in [1.82, 2.24) is 14.5 Å². The molecule has 2 heterocycles. The molecule has 0 N–H and O–H groups in total. The fraction of sp³-hybridized carbons (Fsp3) is 0.545. The van der Waals surface area contributed by atoms with E-state index in [1.807, 2.05) is 27.7 Å². The molecule has 0 radical (unpaired) electrons. The molecule has 170 valence electrons. The molecule has 3 rings (SSSR count). The normalized spacial score (nSPS) is 16.9. The summed E-state index contributed by atoms with van der Waals surface area (Å²) in [6.45, 7) is 8.67. The van der Waals surface area contributed by atoms with Gasteiger partial charge in [-0.1, -0.05) is 19.1 Å². The van der Waals surface area contributed by atoms with E-state index in [9.17, 15) is 18.0 Å². The van der Waals surface area contributed by atoms with Crippen molar-refractivity contribution in [2.75, 3.05) is 6.54 Å². The first-order chi connectivity index (χ1) is 14.4. The highest BCUT2D eigenvalue weighted by atomic mass is 127. The van der Waals surface area contributed by atoms with Gasteiger partial charge in [-0.2, -0.15) is 13.2 Å². The summed E-state index contributed by atoms with van der Waals surface area (Å²) >= 11 is 2.20. The zero-order valence-corrected chi connectivity index (χ0v) is 20.2. The Morgan fingerprint density at radius 1 is 1.19 bits per heavy atom. The SMILES string of the molecule is CCc1nc(I)c2n1CCN(C(=O)OC(C)(C)C)[C@@H]2CCc1ccc(C(F)(F)F)cc1. The van der Waals surface area contributed by atoms with Gasteiger partial charge in [-0.05, 0) is 73.9 Å². The lowest BCUT2D eigenvalue weighted by molar-refractivity contribution is -0.137. The zero-order chi connectivity index (χ0) is 23.0. The van der Waals surface area contributed by atoms with Gasteiger partial charge in [0.2, 0.25) is 0 Å². The number of rotatable bonds is 4. The summed E-state index contributed by atoms with van der Waals surface area (Å²) in [7, 11) is 0. The Hall–Kier alpha value is -1.78. The quantitative estimate of drug-likeness (QED) is 0.440. The van der Waals surface area contributed by atoms with Gasteiger partial charge in [0.05, 0.1) is 17.3 Å². The molecule has 9 heteroatoms. The molecule has 1 aromatic heterocycles. The lowest BCUT2D eigenvalue weighted by atomic mass is 9.99. The van der Waals surface area contributed by atoms with Crippen molar-refractivity contribution in [1.29, 1.82) is 0 Å². The van der Waals surface area contributed by atoms with Gasteiger partial charge in [-0.15, -0.1) is 0 Å². The summed E-state index contributed by atoms with van der Waals surface area (Å²) in [5, 5.41) is 0. The van der Waals surface area contributed by atoms with E-state index in [4.69, 9.17) is 4.74 Å². The Morgan fingerprint density at radius 2 is 1.84 bits per heavy atom. The molecule has 1 amide bonds. The van der Waals surface area contributed by atoms with E-state index in [1.54, 1.807) is 4.90 Å². The average molecular weight is 549 g/mol. The third-order valence-electron chi connectivity index (χ3n) is 5.23. The van der Waals surface area contributed by atoms with Crippen LogP contribution in [0.15, 0.2) is 24.3 Å². The fourth-order valence-electron chi connectivity index (χ4n) is 3.82. The Morgan fingerprint density at radius 3 is 2.39 bits per heavy atom. The fourth-order valence-corrected chi connectivity index (χ4v) is 4.75. The van der Waals surface area contributed by atoms with E-state index in [0.717, 1.165) is 39.3 Å². The molecule has 1 aliphatic heterocycles. The van der Waals surface area contributed by atoms with Gasteiger partial charge in [-0.25, -0.2) is 9.78 Å². The van der Waals surface area contributed by atoms with E-state index in [1.165, 1.54) is 12.1 Å². The summed E-state index contributed by atoms with van der Waals surface area (Å²) in [6.07, 6.45) is -2.85. The summed E-state index contributed by atoms with van der Waals surface area (Å²) in [5.41, 5.74) is 0.486. The molecular formula is C22H27F3IN3O2. The molecule has 1 aromatic carbocycles. The number of hydrogen-bond donors (Lipinski definition) is 0. The highest BCUT2D eigenvalue weighted by Gasteiger charge is 2.37. The predicted molar refractivity (Wildman–Crippen MR) is 120 cm³/mol. The maximum Gasteiger partial charge on any atom is 0.416 e. The van der Waals surface area contributed by atoms with Crippen molar-refractivity contribution in [2.24, 2.45) is 0 Å². The number of ether oxygens (including phenoxy) is 1. The largest absolute Gasteiger partial charge is 0.444 e. The number of halogens is 4. The van der Waals surface area contributed by atoms with Crippen LogP contribution in [0.5, 0.6) is 0 Å². The van der Waals surface area contributed by atoms with Crippen molar-refractivity contribution in [2.45, 2.75) is 71.3 Å². The van der Waals surface area contributed by atoms with Crippen LogP contribution in [0.4, 0.5) is 18.0 Å². The Labute approximate surface area is 194 Å². The lowest BCUT2D eigenvalue weighted by Crippen LogP contribution is -2.45. The standard InChI is InChI=1S/C22H27F3IN3O2/c1-5-17-27-19(26)18-16(11-8-14-6-9-15(10-7-14)22(23,24)25)28(12-13-29(17)18)20(30)31-21(2,3)4/h6-7,9-10,16H,5,8,11-13H2,1-4H3/t16-/m1/s1. The van der Waals surface area contributed by atoms with Gasteiger partial charge in [0.25, 0.3) is 0 Å². The number of fused-ring (bicyclic) bond motifs is 1. The highest BCUT2D eigenvalue weighted by Crippen LogP contribution is 2.35. The van der Waals surface area contributed by atoms with Crippen molar-refractivity contribution < 1.29 is 22.7 Å². The number of aromatic nitrogens is 2. The van der Waals surface area contributed by atoms with Gasteiger partial charge >= 0.3 is 12.3 Å². The molecule has 0 aliphatic carbocycles. The zero-order valence-electron chi connectivity index (χ0n) is 18.1. The molecule has 1 atom stereocenters. The number of nitrogens with zero attached hydrogens (tertiary/aromatic N) is 3. The third-order valence-corrected chi connectivity index (χ3v) is 6.02. The minimum atomic E-state index is -4.35. The van der Waals surface area contributed by atoms with E-state index in [0.29, 0.717) is 25.9 Å². The second kappa shape index (κ2) is 8.99. The van der Waals surface area contributed by atoms with Crippen LogP contribution in [0.1, 0.15) is 62.8 Å². The van der Waals surface area contributed by atoms with Gasteiger partial charge in [0, 0.05) is 19.5 Å². The molecule has 5 nitrogen and oxygen atoms in total. The predicted octanol–water partition coefficient (Wildman–Crippen LogP) is 5.99. The molecular weight excluding hydrogens is 522 g/mol. The van der Waals surface area contributed by atoms with Crippen LogP contribution in [0, 0.1) is 3.70 Å². The van der Waals surface area contributed by atoms with Crippen molar-refractivity contribution in [3.8, 4) is 0 Å². The molecule has 0 fully saturated rings. The minimum absolute atomic E-state index is 0.259. The summed E-state index contributed by atoms with van der Waals surface area (Å²) < 4.78 is 47.2. The average Bonchev–Trinajstić information content (AvgIpc) is 3.00. The van der Waals surface area contributed by atoms with E-state index in [2.05, 4.69) is 32.1 Å². The minimum Gasteiger partial charge on any atom is -0.444 e. The number of imidazole rings is 1. The first-order valence-electron chi connectivity index (χ1n) is 10.3. The maximum atomic E-state index is 12.9. The Balaban J connectivity index is 1.87. The van der Waals surface area contributed by atoms with Crippen LogP contribution in [-0.2, 0) is 30.3 Å². The summed E-state index contributed by atoms with van der Waals surface area (Å²) in [6, 6.07) is 4.95. The Bertz CT molecular complexity index is 933. The number of hydrogen-bond acceptors (Lipinski definition) is 3. The second-order valence-corrected chi connectivity index (χ2v) is 9.65. The van der Waals surface area contributed by atoms with Gasteiger partial charge in [0.1, 0.15) is 15.1 Å². The van der Waals surface area contributed by atoms with Crippen LogP contribution in [0.3, 0.4) is 0 Å². The summed E-state index contributed by atoms with van der Waals surface area (Å²) in [5.74, 6) is 0.975. The van der Waals surface area contributed by atoms with Crippen LogP contribution in [0.25, 0.3) is 0 Å². The molecule has 31 heavy (non-hydrogen) atoms. The first-order valence-corrected chi connectivity index (χ1v) is 11.4. The van der Waals surface area contributed by atoms with Crippen molar-refractivity contribution in [3.63, 3.8) is 0 Å². The first kappa shape index (κ1) is 23.9. The molecule has 0 bridgehead atoms. The third kappa shape index (κ3) is 5.53. The van der Waals surface area contributed by atoms with Gasteiger partial charge in [0.15, 0.2) is 0 Å². The van der Waals surface area contributed by atoms with Crippen LogP contribution >= 0.6 is 22.6 Å². The maximum absolute atomic E-state index is 12.9. The monoisotopic (exact) mass is 549 g/mol. The lowest BCUT2D eigenvalue weighted by Gasteiger charge is -2.38. The van der Waals surface area contributed by atoms with Crippen molar-refractivity contribution >= 4 is 28.7 Å². The molecule has 2 aromatic rings. The molecule has 0 saturated carbocycles. The van der Waals surface area contributed by atoms with Crippen LogP contribution in [0.2, 0.25) is 0 Å². The number of benzene rings is 1. The number of alkyl halides is 3. The molecule has 0 spiro atoms. The second-order valence-electron chi connectivity index (χ2n) is 8.63. The van der Waals surface area contributed by atoms with Gasteiger partial charge < -0.3 is 9.30 Å². The topological polar surface area (TPSA) is 47.4 Å². The number of carbonyl (C=O) groups excluding carboxylic acids is 1. The molecule has 0 unspecified atom stereocenters. The number of carbonyl (C=O) groups is 1. The smallest absolute Gasteiger partial charge is 0.416 e. The van der Waals surface area contributed by atoms with Crippen LogP contribution in [-0.4, -0.2) is 32.7 Å². The van der Waals surface area contributed by atoms with Crippen molar-refractivity contribution in [3.05, 3.63) is 50.6 Å². The van der Waals surface area contributed by atoms with Gasteiger partial charge in [-0.3, -0.25) is 4.90 Å². The molecule has 0 saturated heterocycles. The van der Waals surface area contributed by atoms with E-state index >= 15 is 0 Å². The number of amides is 1. The number of aryl methyl sites for hydroxylation is 2. The highest BCUT2D eigenvalue weighted by molar-refractivity contribution is 14.1. The molecule has 1 aliphatic rings. The van der Waals surface area contributed by atoms with E-state index in [-0.39, 0.29) is 12.1 Å². The Kier molecular flexibility index (Phi) is 6.93. The summed E-state index contributed by atoms with van der Waals surface area (Å²) in [4.78, 5) is 19.3. The van der Waals surface area contributed by atoms with E-state index < -0.39 is 17.3 Å².